The van der Waals surface area contributed by atoms with Crippen LogP contribution in [0.2, 0.25) is 0 Å². The third-order valence-electron chi connectivity index (χ3n) is 3.66. The quantitative estimate of drug-likeness (QED) is 0.585. The first-order chi connectivity index (χ1) is 12.8. The molecule has 3 N–H and O–H groups in total. The van der Waals surface area contributed by atoms with Gasteiger partial charge in [-0.25, -0.2) is 13.2 Å². The topological polar surface area (TPSA) is 122 Å². The molecule has 144 valence electrons. The van der Waals surface area contributed by atoms with Crippen LogP contribution >= 0.6 is 0 Å². The summed E-state index contributed by atoms with van der Waals surface area (Å²) in [6.07, 6.45) is 0. The maximum absolute atomic E-state index is 12.4. The van der Waals surface area contributed by atoms with Gasteiger partial charge in [-0.3, -0.25) is 4.79 Å². The Balaban J connectivity index is 2.01. The Bertz CT molecular complexity index is 882. The van der Waals surface area contributed by atoms with Crippen LogP contribution in [-0.4, -0.2) is 50.9 Å². The molecule has 2 aromatic rings. The summed E-state index contributed by atoms with van der Waals surface area (Å²) in [5.41, 5.74) is 0.686. The van der Waals surface area contributed by atoms with Crippen LogP contribution in [0, 0.1) is 0 Å². The van der Waals surface area contributed by atoms with Gasteiger partial charge in [-0.2, -0.15) is 0 Å². The summed E-state index contributed by atoms with van der Waals surface area (Å²) in [5, 5.41) is 14.3. The van der Waals surface area contributed by atoms with Gasteiger partial charge in [0, 0.05) is 5.69 Å². The smallest absolute Gasteiger partial charge is 0.327 e. The number of carbonyl (C=O) groups is 2. The summed E-state index contributed by atoms with van der Waals surface area (Å²) in [5.74, 6) is -2.34. The Kier molecular flexibility index (Phi) is 6.78. The van der Waals surface area contributed by atoms with Crippen molar-refractivity contribution in [3.8, 4) is 5.75 Å². The molecule has 1 amide bonds. The number of methoxy groups -OCH3 is 1. The molecule has 27 heavy (non-hydrogen) atoms. The fourth-order valence-corrected chi connectivity index (χ4v) is 3.67. The number of nitrogens with one attached hydrogen (secondary N) is 2. The maximum atomic E-state index is 12.4. The highest BCUT2D eigenvalue weighted by Crippen LogP contribution is 2.17. The van der Waals surface area contributed by atoms with Gasteiger partial charge in [0.15, 0.2) is 9.84 Å². The lowest BCUT2D eigenvalue weighted by Gasteiger charge is -2.15. The monoisotopic (exact) mass is 392 g/mol. The molecule has 9 heteroatoms. The van der Waals surface area contributed by atoms with Crippen LogP contribution < -0.4 is 15.4 Å². The first-order valence-corrected chi connectivity index (χ1v) is 9.65. The van der Waals surface area contributed by atoms with Gasteiger partial charge in [0.05, 0.1) is 24.3 Å². The highest BCUT2D eigenvalue weighted by Gasteiger charge is 2.28. The molecule has 0 aliphatic rings. The van der Waals surface area contributed by atoms with E-state index in [1.54, 1.807) is 24.3 Å². The lowest BCUT2D eigenvalue weighted by Crippen LogP contribution is -2.47. The predicted molar refractivity (Wildman–Crippen MR) is 99.5 cm³/mol. The van der Waals surface area contributed by atoms with E-state index in [4.69, 9.17) is 4.74 Å². The number of carboxylic acid groups (broad SMARTS) is 1. The summed E-state index contributed by atoms with van der Waals surface area (Å²) in [6, 6.07) is 12.9. The van der Waals surface area contributed by atoms with Crippen molar-refractivity contribution < 1.29 is 27.9 Å². The van der Waals surface area contributed by atoms with Gasteiger partial charge in [-0.1, -0.05) is 18.2 Å². The standard InChI is InChI=1S/C18H20N2O6S/c1-26-14-7-9-15(10-8-14)27(24,25)12-16(18(22)23)20-17(21)11-19-13-5-3-2-4-6-13/h2-10,16,19H,11-12H2,1H3,(H,20,21)(H,22,23). The number of anilines is 1. The van der Waals surface area contributed by atoms with E-state index >= 15 is 0 Å². The Morgan fingerprint density at radius 3 is 2.26 bits per heavy atom. The third-order valence-corrected chi connectivity index (χ3v) is 5.43. The van der Waals surface area contributed by atoms with Crippen LogP contribution in [0.5, 0.6) is 5.75 Å². The minimum absolute atomic E-state index is 0.0498. The number of para-hydroxylation sites is 1. The van der Waals surface area contributed by atoms with Crippen LogP contribution in [0.25, 0.3) is 0 Å². The van der Waals surface area contributed by atoms with Crippen molar-refractivity contribution in [2.24, 2.45) is 0 Å². The van der Waals surface area contributed by atoms with E-state index in [0.717, 1.165) is 0 Å². The van der Waals surface area contributed by atoms with Gasteiger partial charge < -0.3 is 20.5 Å². The molecule has 0 aliphatic carbocycles. The summed E-state index contributed by atoms with van der Waals surface area (Å²) < 4.78 is 29.8. The molecule has 0 aliphatic heterocycles. The number of rotatable bonds is 9. The van der Waals surface area contributed by atoms with Gasteiger partial charge >= 0.3 is 5.97 Å². The zero-order valence-corrected chi connectivity index (χ0v) is 15.4. The Morgan fingerprint density at radius 1 is 1.07 bits per heavy atom. The largest absolute Gasteiger partial charge is 0.497 e. The number of amides is 1. The molecule has 0 aromatic heterocycles. The molecule has 1 unspecified atom stereocenters. The third kappa shape index (κ3) is 6.00. The van der Waals surface area contributed by atoms with Gasteiger partial charge in [-0.05, 0) is 36.4 Å². The minimum atomic E-state index is -3.91. The van der Waals surface area contributed by atoms with E-state index in [2.05, 4.69) is 10.6 Å². The van der Waals surface area contributed by atoms with E-state index in [0.29, 0.717) is 11.4 Å². The second-order valence-electron chi connectivity index (χ2n) is 5.63. The Hall–Kier alpha value is -3.07. The number of aliphatic carboxylic acids is 1. The van der Waals surface area contributed by atoms with Gasteiger partial charge in [-0.15, -0.1) is 0 Å². The summed E-state index contributed by atoms with van der Waals surface area (Å²) >= 11 is 0. The van der Waals surface area contributed by atoms with Crippen molar-refractivity contribution in [2.75, 3.05) is 24.7 Å². The van der Waals surface area contributed by atoms with Crippen LogP contribution in [0.1, 0.15) is 0 Å². The van der Waals surface area contributed by atoms with Crippen molar-refractivity contribution in [3.05, 3.63) is 54.6 Å². The second kappa shape index (κ2) is 9.04. The lowest BCUT2D eigenvalue weighted by atomic mass is 10.3. The van der Waals surface area contributed by atoms with Crippen LogP contribution in [0.3, 0.4) is 0 Å². The van der Waals surface area contributed by atoms with Crippen LogP contribution in [0.15, 0.2) is 59.5 Å². The van der Waals surface area contributed by atoms with Crippen LogP contribution in [-0.2, 0) is 19.4 Å². The highest BCUT2D eigenvalue weighted by molar-refractivity contribution is 7.91. The van der Waals surface area contributed by atoms with Crippen molar-refractivity contribution in [2.45, 2.75) is 10.9 Å². The number of carbonyl (C=O) groups excluding carboxylic acids is 1. The maximum Gasteiger partial charge on any atom is 0.327 e. The van der Waals surface area contributed by atoms with Gasteiger partial charge in [0.1, 0.15) is 11.8 Å². The van der Waals surface area contributed by atoms with E-state index in [1.165, 1.54) is 31.4 Å². The molecule has 0 saturated heterocycles. The first-order valence-electron chi connectivity index (χ1n) is 8.00. The normalized spacial score (nSPS) is 12.0. The summed E-state index contributed by atoms with van der Waals surface area (Å²) in [6.45, 7) is -0.184. The fourth-order valence-electron chi connectivity index (χ4n) is 2.26. The number of hydrogen-bond donors (Lipinski definition) is 3. The highest BCUT2D eigenvalue weighted by atomic mass is 32.2. The SMILES string of the molecule is COc1ccc(S(=O)(=O)CC(NC(=O)CNc2ccccc2)C(=O)O)cc1. The fraction of sp³-hybridized carbons (Fsp3) is 0.222. The van der Waals surface area contributed by atoms with Crippen LogP contribution in [0.4, 0.5) is 5.69 Å². The minimum Gasteiger partial charge on any atom is -0.497 e. The van der Waals surface area contributed by atoms with Gasteiger partial charge in [0.2, 0.25) is 5.91 Å². The first kappa shape index (κ1) is 20.2. The number of hydrogen-bond acceptors (Lipinski definition) is 6. The zero-order chi connectivity index (χ0) is 19.9. The second-order valence-corrected chi connectivity index (χ2v) is 7.67. The average Bonchev–Trinajstić information content (AvgIpc) is 2.66. The van der Waals surface area contributed by atoms with E-state index in [9.17, 15) is 23.1 Å². The molecular weight excluding hydrogens is 372 g/mol. The number of carboxylic acids is 1. The van der Waals surface area contributed by atoms with E-state index in [1.807, 2.05) is 6.07 Å². The molecule has 8 nitrogen and oxygen atoms in total. The zero-order valence-electron chi connectivity index (χ0n) is 14.6. The molecular formula is C18H20N2O6S. The molecule has 1 atom stereocenters. The predicted octanol–water partition coefficient (Wildman–Crippen LogP) is 1.15. The molecule has 0 spiro atoms. The number of ether oxygens (including phenoxy) is 1. The molecule has 0 heterocycles. The van der Waals surface area contributed by atoms with E-state index < -0.39 is 33.5 Å². The summed E-state index contributed by atoms with van der Waals surface area (Å²) in [7, 11) is -2.47. The average molecular weight is 392 g/mol. The molecule has 2 aromatic carbocycles. The molecule has 2 rings (SSSR count). The molecule has 0 bridgehead atoms. The lowest BCUT2D eigenvalue weighted by molar-refractivity contribution is -0.140. The number of sulfone groups is 1. The summed E-state index contributed by atoms with van der Waals surface area (Å²) in [4.78, 5) is 23.3. The van der Waals surface area contributed by atoms with Crippen molar-refractivity contribution >= 4 is 27.4 Å². The van der Waals surface area contributed by atoms with Crippen molar-refractivity contribution in [1.29, 1.82) is 0 Å². The van der Waals surface area contributed by atoms with Crippen molar-refractivity contribution in [3.63, 3.8) is 0 Å². The van der Waals surface area contributed by atoms with E-state index in [-0.39, 0.29) is 11.4 Å². The number of benzene rings is 2. The van der Waals surface area contributed by atoms with Crippen molar-refractivity contribution in [1.82, 2.24) is 5.32 Å². The Morgan fingerprint density at radius 2 is 1.70 bits per heavy atom. The van der Waals surface area contributed by atoms with Gasteiger partial charge in [0.25, 0.3) is 0 Å². The molecule has 0 saturated carbocycles. The Labute approximate surface area is 157 Å². The molecule has 0 fully saturated rings. The molecule has 0 radical (unpaired) electrons.